The van der Waals surface area contributed by atoms with E-state index in [1.165, 1.54) is 17.2 Å². The van der Waals surface area contributed by atoms with Crippen LogP contribution in [0.1, 0.15) is 41.1 Å². The highest BCUT2D eigenvalue weighted by atomic mass is 32.2. The molecule has 2 rings (SSSR count). The minimum absolute atomic E-state index is 0.0240. The lowest BCUT2D eigenvalue weighted by Crippen LogP contribution is -2.38. The molecule has 2 heterocycles. The number of carbonyl (C=O) groups excluding carboxylic acids is 2. The zero-order valence-corrected chi connectivity index (χ0v) is 15.0. The molecule has 0 bridgehead atoms. The van der Waals surface area contributed by atoms with E-state index in [-0.39, 0.29) is 35.1 Å². The van der Waals surface area contributed by atoms with Crippen molar-refractivity contribution in [3.63, 3.8) is 0 Å². The van der Waals surface area contributed by atoms with Crippen LogP contribution in [0.4, 0.5) is 0 Å². The summed E-state index contributed by atoms with van der Waals surface area (Å²) in [5.74, 6) is -0.237. The normalized spacial score (nSPS) is 19.2. The van der Waals surface area contributed by atoms with E-state index in [1.54, 1.807) is 13.1 Å². The maximum absolute atomic E-state index is 12.5. The van der Waals surface area contributed by atoms with Gasteiger partial charge in [-0.15, -0.1) is 0 Å². The first-order valence-corrected chi connectivity index (χ1v) is 9.73. The number of amides is 2. The zero-order valence-electron chi connectivity index (χ0n) is 14.2. The lowest BCUT2D eigenvalue weighted by atomic mass is 10.1. The average molecular weight is 353 g/mol. The molecule has 0 radical (unpaired) electrons. The second kappa shape index (κ2) is 7.29. The van der Waals surface area contributed by atoms with Gasteiger partial charge in [0.25, 0.3) is 11.8 Å². The third-order valence-electron chi connectivity index (χ3n) is 3.99. The van der Waals surface area contributed by atoms with Crippen LogP contribution >= 0.6 is 0 Å². The SMILES string of the molecule is CC(C)CNC(=O)c1ccnc(C(=O)N(C)C2CCS(=O)(=O)C2)c1. The van der Waals surface area contributed by atoms with Gasteiger partial charge in [-0.2, -0.15) is 0 Å². The molecule has 1 aliphatic rings. The Hall–Kier alpha value is -1.96. The number of aromatic nitrogens is 1. The molecule has 24 heavy (non-hydrogen) atoms. The van der Waals surface area contributed by atoms with Gasteiger partial charge in [-0.25, -0.2) is 8.42 Å². The van der Waals surface area contributed by atoms with Crippen LogP contribution in [0.15, 0.2) is 18.3 Å². The molecular weight excluding hydrogens is 330 g/mol. The Balaban J connectivity index is 2.10. The van der Waals surface area contributed by atoms with E-state index in [4.69, 9.17) is 0 Å². The third-order valence-corrected chi connectivity index (χ3v) is 5.74. The topological polar surface area (TPSA) is 96.4 Å². The minimum atomic E-state index is -3.07. The minimum Gasteiger partial charge on any atom is -0.352 e. The van der Waals surface area contributed by atoms with Crippen molar-refractivity contribution in [1.82, 2.24) is 15.2 Å². The Morgan fingerprint density at radius 2 is 2.12 bits per heavy atom. The van der Waals surface area contributed by atoms with E-state index in [0.29, 0.717) is 24.4 Å². The number of rotatable bonds is 5. The molecule has 1 aromatic rings. The Bertz CT molecular complexity index is 731. The Kier molecular flexibility index (Phi) is 5.58. The van der Waals surface area contributed by atoms with Crippen molar-refractivity contribution in [2.75, 3.05) is 25.1 Å². The molecule has 1 aliphatic heterocycles. The van der Waals surface area contributed by atoms with Crippen molar-refractivity contribution < 1.29 is 18.0 Å². The van der Waals surface area contributed by atoms with Gasteiger partial charge in [-0.1, -0.05) is 13.8 Å². The Labute approximate surface area is 142 Å². The highest BCUT2D eigenvalue weighted by molar-refractivity contribution is 7.91. The van der Waals surface area contributed by atoms with Gasteiger partial charge >= 0.3 is 0 Å². The molecule has 0 aromatic carbocycles. The summed E-state index contributed by atoms with van der Waals surface area (Å²) in [6.45, 7) is 4.53. The average Bonchev–Trinajstić information content (AvgIpc) is 2.91. The molecule has 132 valence electrons. The number of hydrogen-bond acceptors (Lipinski definition) is 5. The number of carbonyl (C=O) groups is 2. The maximum atomic E-state index is 12.5. The fraction of sp³-hybridized carbons (Fsp3) is 0.562. The van der Waals surface area contributed by atoms with E-state index in [0.717, 1.165) is 0 Å². The van der Waals surface area contributed by atoms with E-state index >= 15 is 0 Å². The van der Waals surface area contributed by atoms with E-state index in [9.17, 15) is 18.0 Å². The summed E-state index contributed by atoms with van der Waals surface area (Å²) in [7, 11) is -1.50. The van der Waals surface area contributed by atoms with Crippen molar-refractivity contribution in [2.24, 2.45) is 5.92 Å². The first-order valence-electron chi connectivity index (χ1n) is 7.91. The summed E-state index contributed by atoms with van der Waals surface area (Å²) in [5, 5.41) is 2.79. The third kappa shape index (κ3) is 4.53. The molecule has 1 unspecified atom stereocenters. The molecule has 8 heteroatoms. The van der Waals surface area contributed by atoms with Gasteiger partial charge in [0.1, 0.15) is 5.69 Å². The van der Waals surface area contributed by atoms with Crippen LogP contribution in [0.2, 0.25) is 0 Å². The summed E-state index contributed by atoms with van der Waals surface area (Å²) in [6, 6.07) is 2.65. The molecule has 1 N–H and O–H groups in total. The quantitative estimate of drug-likeness (QED) is 0.842. The van der Waals surface area contributed by atoms with Crippen LogP contribution in [-0.4, -0.2) is 61.3 Å². The lowest BCUT2D eigenvalue weighted by molar-refractivity contribution is 0.0741. The monoisotopic (exact) mass is 353 g/mol. The van der Waals surface area contributed by atoms with Crippen molar-refractivity contribution in [1.29, 1.82) is 0 Å². The van der Waals surface area contributed by atoms with E-state index < -0.39 is 9.84 Å². The molecule has 0 spiro atoms. The first-order chi connectivity index (χ1) is 11.2. The summed E-state index contributed by atoms with van der Waals surface area (Å²) >= 11 is 0. The van der Waals surface area contributed by atoms with Gasteiger partial charge in [-0.3, -0.25) is 14.6 Å². The number of pyridine rings is 1. The van der Waals surface area contributed by atoms with Gasteiger partial charge in [0.2, 0.25) is 0 Å². The second-order valence-corrected chi connectivity index (χ2v) is 8.74. The molecule has 0 saturated carbocycles. The van der Waals surface area contributed by atoms with Crippen LogP contribution in [0.25, 0.3) is 0 Å². The van der Waals surface area contributed by atoms with Crippen LogP contribution in [-0.2, 0) is 9.84 Å². The fourth-order valence-corrected chi connectivity index (χ4v) is 4.29. The molecule has 2 amide bonds. The van der Waals surface area contributed by atoms with Gasteiger partial charge in [0.05, 0.1) is 11.5 Å². The summed E-state index contributed by atoms with van der Waals surface area (Å²) < 4.78 is 23.1. The number of hydrogen-bond donors (Lipinski definition) is 1. The second-order valence-electron chi connectivity index (χ2n) is 6.51. The van der Waals surface area contributed by atoms with Gasteiger partial charge in [-0.05, 0) is 24.5 Å². The number of sulfone groups is 1. The van der Waals surface area contributed by atoms with Gasteiger partial charge < -0.3 is 10.2 Å². The van der Waals surface area contributed by atoms with Crippen molar-refractivity contribution >= 4 is 21.7 Å². The first kappa shape index (κ1) is 18.4. The highest BCUT2D eigenvalue weighted by Gasteiger charge is 2.33. The van der Waals surface area contributed by atoms with E-state index in [2.05, 4.69) is 10.3 Å². The van der Waals surface area contributed by atoms with Crippen LogP contribution in [0, 0.1) is 5.92 Å². The molecule has 1 aromatic heterocycles. The maximum Gasteiger partial charge on any atom is 0.272 e. The predicted octanol–water partition coefficient (Wildman–Crippen LogP) is 0.727. The predicted molar refractivity (Wildman–Crippen MR) is 90.6 cm³/mol. The van der Waals surface area contributed by atoms with Crippen molar-refractivity contribution in [3.05, 3.63) is 29.6 Å². The number of nitrogens with one attached hydrogen (secondary N) is 1. The van der Waals surface area contributed by atoms with Gasteiger partial charge in [0.15, 0.2) is 9.84 Å². The van der Waals surface area contributed by atoms with Crippen LogP contribution in [0.3, 0.4) is 0 Å². The molecule has 1 atom stereocenters. The van der Waals surface area contributed by atoms with E-state index in [1.807, 2.05) is 13.8 Å². The molecular formula is C16H23N3O4S. The van der Waals surface area contributed by atoms with Crippen LogP contribution < -0.4 is 5.32 Å². The molecule has 1 fully saturated rings. The fourth-order valence-electron chi connectivity index (χ4n) is 2.51. The molecule has 1 saturated heterocycles. The largest absolute Gasteiger partial charge is 0.352 e. The Morgan fingerprint density at radius 3 is 2.71 bits per heavy atom. The summed E-state index contributed by atoms with van der Waals surface area (Å²) in [5.41, 5.74) is 0.500. The standard InChI is InChI=1S/C16H23N3O4S/c1-11(2)9-18-15(20)12-4-6-17-14(8-12)16(21)19(3)13-5-7-24(22,23)10-13/h4,6,8,11,13H,5,7,9-10H2,1-3H3,(H,18,20). The highest BCUT2D eigenvalue weighted by Crippen LogP contribution is 2.18. The van der Waals surface area contributed by atoms with Crippen LogP contribution in [0.5, 0.6) is 0 Å². The lowest BCUT2D eigenvalue weighted by Gasteiger charge is -2.23. The smallest absolute Gasteiger partial charge is 0.272 e. The van der Waals surface area contributed by atoms with Crippen molar-refractivity contribution in [2.45, 2.75) is 26.3 Å². The van der Waals surface area contributed by atoms with Gasteiger partial charge in [0, 0.05) is 31.4 Å². The number of nitrogens with zero attached hydrogens (tertiary/aromatic N) is 2. The zero-order chi connectivity index (χ0) is 17.9. The van der Waals surface area contributed by atoms with Crippen molar-refractivity contribution in [3.8, 4) is 0 Å². The molecule has 0 aliphatic carbocycles. The molecule has 7 nitrogen and oxygen atoms in total. The summed E-state index contributed by atoms with van der Waals surface area (Å²) in [6.07, 6.45) is 1.84. The summed E-state index contributed by atoms with van der Waals surface area (Å²) in [4.78, 5) is 30.0. The Morgan fingerprint density at radius 1 is 1.42 bits per heavy atom.